The van der Waals surface area contributed by atoms with Crippen LogP contribution >= 0.6 is 0 Å². The van der Waals surface area contributed by atoms with E-state index in [9.17, 15) is 48.3 Å². The van der Waals surface area contributed by atoms with Crippen molar-refractivity contribution in [3.8, 4) is 0 Å². The Hall–Kier alpha value is -6.43. The lowest BCUT2D eigenvalue weighted by Gasteiger charge is -2.23. The normalized spacial score (nSPS) is 13.5. The zero-order valence-corrected chi connectivity index (χ0v) is 30.0. The second kappa shape index (κ2) is 22.6. The van der Waals surface area contributed by atoms with Crippen LogP contribution in [0.1, 0.15) is 38.1 Å². The maximum absolute atomic E-state index is 13.5. The lowest BCUT2D eigenvalue weighted by atomic mass is 10.0. The zero-order valence-electron chi connectivity index (χ0n) is 30.0. The first-order valence-electron chi connectivity index (χ1n) is 16.8. The molecule has 0 radical (unpaired) electrons. The van der Waals surface area contributed by atoms with E-state index in [2.05, 4.69) is 57.2 Å². The van der Waals surface area contributed by atoms with Crippen LogP contribution < -0.4 is 48.7 Å². The summed E-state index contributed by atoms with van der Waals surface area (Å²) >= 11 is 0. The number of primary amides is 1. The van der Waals surface area contributed by atoms with Gasteiger partial charge >= 0.3 is 5.97 Å². The number of aromatic amines is 2. The summed E-state index contributed by atoms with van der Waals surface area (Å²) in [5, 5.41) is 34.7. The maximum Gasteiger partial charge on any atom is 0.326 e. The summed E-state index contributed by atoms with van der Waals surface area (Å²) < 4.78 is 0. The summed E-state index contributed by atoms with van der Waals surface area (Å²) in [6.45, 7) is 0.547. The van der Waals surface area contributed by atoms with Gasteiger partial charge in [0.1, 0.15) is 30.2 Å². The van der Waals surface area contributed by atoms with Gasteiger partial charge in [0, 0.05) is 43.0 Å². The van der Waals surface area contributed by atoms with E-state index in [-0.39, 0.29) is 25.7 Å². The molecule has 0 saturated heterocycles. The van der Waals surface area contributed by atoms with Gasteiger partial charge in [-0.05, 0) is 12.3 Å². The number of nitrogens with one attached hydrogen (secondary N) is 9. The molecule has 0 aliphatic rings. The third-order valence-corrected chi connectivity index (χ3v) is 7.63. The molecule has 5 unspecified atom stereocenters. The van der Waals surface area contributed by atoms with Crippen LogP contribution in [0.2, 0.25) is 0 Å². The van der Waals surface area contributed by atoms with E-state index < -0.39 is 116 Å². The van der Waals surface area contributed by atoms with Crippen LogP contribution in [0.3, 0.4) is 0 Å². The van der Waals surface area contributed by atoms with Crippen molar-refractivity contribution in [2.24, 2.45) is 17.4 Å². The Morgan fingerprint density at radius 1 is 0.691 bits per heavy atom. The smallest absolute Gasteiger partial charge is 0.326 e. The van der Waals surface area contributed by atoms with Crippen LogP contribution in [0, 0.1) is 5.92 Å². The standard InChI is InChI=1S/C31H47N13O11/c1-15(2)26(31(54)55)44-25(49)11-38-29(52)21(6-17-8-35-14-40-17)43-30(53)19(3-4-22(33)46)41-23(47)10-37-28(51)20(5-16-7-34-13-39-16)42-24(48)9-36-27(50)18(32)12-45/h7-8,13-15,18-21,26,45H,3-6,9-12,32H2,1-2H3,(H2,33,46)(H,34,39)(H,35,40)(H,36,50)(H,37,51)(H,38,52)(H,41,47)(H,42,48)(H,43,53)(H,44,49)(H,54,55). The first-order chi connectivity index (χ1) is 26.0. The Labute approximate surface area is 313 Å². The number of carboxylic acid groups (broad SMARTS) is 1. The number of hydrogen-bond donors (Lipinski definition) is 13. The van der Waals surface area contributed by atoms with E-state index in [0.29, 0.717) is 11.4 Å². The number of nitrogens with two attached hydrogens (primary N) is 2. The molecular weight excluding hydrogens is 730 g/mol. The molecule has 55 heavy (non-hydrogen) atoms. The van der Waals surface area contributed by atoms with Gasteiger partial charge in [-0.25, -0.2) is 14.8 Å². The number of hydrogen-bond acceptors (Lipinski definition) is 13. The molecule has 8 amide bonds. The molecule has 0 spiro atoms. The van der Waals surface area contributed by atoms with Gasteiger partial charge in [0.25, 0.3) is 0 Å². The first kappa shape index (κ1) is 44.7. The summed E-state index contributed by atoms with van der Waals surface area (Å²) in [4.78, 5) is 126. The SMILES string of the molecule is CC(C)C(NC(=O)CNC(=O)C(Cc1cnc[nH]1)NC(=O)C(CCC(N)=O)NC(=O)CNC(=O)C(Cc1cnc[nH]1)NC(=O)CNC(=O)C(N)CO)C(=O)O. The van der Waals surface area contributed by atoms with Crippen LogP contribution in [0.4, 0.5) is 0 Å². The number of carboxylic acids is 1. The number of amides is 8. The van der Waals surface area contributed by atoms with Crippen LogP contribution in [-0.4, -0.2) is 140 Å². The highest BCUT2D eigenvalue weighted by atomic mass is 16.4. The Morgan fingerprint density at radius 2 is 1.15 bits per heavy atom. The molecule has 2 rings (SSSR count). The number of carbonyl (C=O) groups excluding carboxylic acids is 8. The topological polar surface area (TPSA) is 388 Å². The first-order valence-corrected chi connectivity index (χ1v) is 16.8. The third kappa shape index (κ3) is 16.4. The largest absolute Gasteiger partial charge is 0.480 e. The molecular formula is C31H47N13O11. The highest BCUT2D eigenvalue weighted by Gasteiger charge is 2.30. The number of H-pyrrole nitrogens is 2. The second-order valence-corrected chi connectivity index (χ2v) is 12.4. The van der Waals surface area contributed by atoms with Gasteiger partial charge in [-0.1, -0.05) is 13.8 Å². The Kier molecular flexibility index (Phi) is 18.4. The quantitative estimate of drug-likeness (QED) is 0.0472. The van der Waals surface area contributed by atoms with Crippen molar-refractivity contribution < 1.29 is 53.4 Å². The number of nitrogens with zero attached hydrogens (tertiary/aromatic N) is 2. The van der Waals surface area contributed by atoms with Crippen LogP contribution in [0.5, 0.6) is 0 Å². The van der Waals surface area contributed by atoms with E-state index in [0.717, 1.165) is 0 Å². The van der Waals surface area contributed by atoms with E-state index in [1.165, 1.54) is 25.0 Å². The molecule has 302 valence electrons. The third-order valence-electron chi connectivity index (χ3n) is 7.63. The zero-order chi connectivity index (χ0) is 41.1. The van der Waals surface area contributed by atoms with Gasteiger partial charge in [-0.3, -0.25) is 38.4 Å². The molecule has 2 aromatic heterocycles. The molecule has 24 heteroatoms. The molecule has 5 atom stereocenters. The van der Waals surface area contributed by atoms with Crippen molar-refractivity contribution in [3.63, 3.8) is 0 Å². The molecule has 2 heterocycles. The van der Waals surface area contributed by atoms with E-state index in [1.54, 1.807) is 13.8 Å². The molecule has 0 aliphatic heterocycles. The van der Waals surface area contributed by atoms with Gasteiger partial charge in [0.2, 0.25) is 47.3 Å². The molecule has 2 aromatic rings. The summed E-state index contributed by atoms with van der Waals surface area (Å²) in [5.41, 5.74) is 11.5. The lowest BCUT2D eigenvalue weighted by Crippen LogP contribution is -2.57. The summed E-state index contributed by atoms with van der Waals surface area (Å²) in [6.07, 6.45) is 4.43. The number of aliphatic carboxylic acids is 1. The van der Waals surface area contributed by atoms with Crippen LogP contribution in [-0.2, 0) is 56.0 Å². The molecule has 15 N–H and O–H groups in total. The van der Waals surface area contributed by atoms with Crippen molar-refractivity contribution in [1.82, 2.24) is 57.2 Å². The van der Waals surface area contributed by atoms with Gasteiger partial charge in [-0.15, -0.1) is 0 Å². The number of rotatable bonds is 24. The van der Waals surface area contributed by atoms with Gasteiger partial charge in [0.05, 0.1) is 38.9 Å². The lowest BCUT2D eigenvalue weighted by molar-refractivity contribution is -0.143. The highest BCUT2D eigenvalue weighted by Crippen LogP contribution is 2.05. The summed E-state index contributed by atoms with van der Waals surface area (Å²) in [6, 6.07) is -6.62. The minimum Gasteiger partial charge on any atom is -0.480 e. The van der Waals surface area contributed by atoms with E-state index in [1.807, 2.05) is 0 Å². The van der Waals surface area contributed by atoms with Gasteiger partial charge in [-0.2, -0.15) is 0 Å². The monoisotopic (exact) mass is 777 g/mol. The Balaban J connectivity index is 2.11. The fraction of sp³-hybridized carbons (Fsp3) is 0.516. The van der Waals surface area contributed by atoms with Gasteiger partial charge in [0.15, 0.2) is 0 Å². The van der Waals surface area contributed by atoms with Crippen molar-refractivity contribution in [2.75, 3.05) is 26.2 Å². The van der Waals surface area contributed by atoms with Crippen molar-refractivity contribution in [2.45, 2.75) is 69.7 Å². The average Bonchev–Trinajstić information content (AvgIpc) is 3.86. The highest BCUT2D eigenvalue weighted by molar-refractivity contribution is 5.96. The number of aromatic nitrogens is 4. The van der Waals surface area contributed by atoms with Crippen molar-refractivity contribution in [1.29, 1.82) is 0 Å². The van der Waals surface area contributed by atoms with E-state index in [4.69, 9.17) is 16.6 Å². The Bertz CT molecular complexity index is 1630. The molecule has 0 bridgehead atoms. The summed E-state index contributed by atoms with van der Waals surface area (Å²) in [5.74, 6) is -8.54. The molecule has 0 aromatic carbocycles. The van der Waals surface area contributed by atoms with Crippen molar-refractivity contribution >= 4 is 53.2 Å². The average molecular weight is 778 g/mol. The van der Waals surface area contributed by atoms with Crippen molar-refractivity contribution in [3.05, 3.63) is 36.4 Å². The molecule has 0 saturated carbocycles. The van der Waals surface area contributed by atoms with Gasteiger partial charge < -0.3 is 68.9 Å². The second-order valence-electron chi connectivity index (χ2n) is 12.4. The molecule has 0 aliphatic carbocycles. The predicted molar refractivity (Wildman–Crippen MR) is 187 cm³/mol. The fourth-order valence-electron chi connectivity index (χ4n) is 4.67. The summed E-state index contributed by atoms with van der Waals surface area (Å²) in [7, 11) is 0. The minimum atomic E-state index is -1.46. The molecule has 24 nitrogen and oxygen atoms in total. The van der Waals surface area contributed by atoms with Crippen LogP contribution in [0.25, 0.3) is 0 Å². The van der Waals surface area contributed by atoms with E-state index >= 15 is 0 Å². The number of aliphatic hydroxyl groups excluding tert-OH is 1. The maximum atomic E-state index is 13.5. The minimum absolute atomic E-state index is 0.119. The number of aliphatic hydroxyl groups is 1. The number of carbonyl (C=O) groups is 9. The molecule has 0 fully saturated rings. The van der Waals surface area contributed by atoms with Crippen LogP contribution in [0.15, 0.2) is 25.0 Å². The fourth-order valence-corrected chi connectivity index (χ4v) is 4.67. The predicted octanol–water partition coefficient (Wildman–Crippen LogP) is -6.47. The number of imidazole rings is 2. The Morgan fingerprint density at radius 3 is 1.56 bits per heavy atom.